The number of amidine groups is 1. The molecule has 9 heteroatoms. The van der Waals surface area contributed by atoms with Gasteiger partial charge in [-0.2, -0.15) is 0 Å². The first-order valence-electron chi connectivity index (χ1n) is 6.92. The van der Waals surface area contributed by atoms with Gasteiger partial charge in [-0.25, -0.2) is 4.79 Å². The van der Waals surface area contributed by atoms with E-state index in [1.165, 1.54) is 7.05 Å². The fourth-order valence-electron chi connectivity index (χ4n) is 2.08. The molecule has 1 unspecified atom stereocenters. The summed E-state index contributed by atoms with van der Waals surface area (Å²) in [6.45, 7) is 2.35. The lowest BCUT2D eigenvalue weighted by Crippen LogP contribution is -2.61. The van der Waals surface area contributed by atoms with Gasteiger partial charge >= 0.3 is 18.0 Å². The summed E-state index contributed by atoms with van der Waals surface area (Å²) in [6.07, 6.45) is 0. The van der Waals surface area contributed by atoms with Gasteiger partial charge in [0, 0.05) is 17.5 Å². The van der Waals surface area contributed by atoms with E-state index < -0.39 is 22.9 Å². The Balaban J connectivity index is 2.28. The van der Waals surface area contributed by atoms with Crippen molar-refractivity contribution in [2.24, 2.45) is 4.99 Å². The fraction of sp³-hybridized carbons (Fsp3) is 0.357. The van der Waals surface area contributed by atoms with E-state index in [0.717, 1.165) is 0 Å². The molecule has 0 aliphatic carbocycles. The second kappa shape index (κ2) is 6.86. The molecule has 0 saturated carbocycles. The Bertz CT molecular complexity index is 673. The van der Waals surface area contributed by atoms with Crippen molar-refractivity contribution >= 4 is 17.8 Å². The van der Waals surface area contributed by atoms with Gasteiger partial charge in [-0.05, 0) is 13.0 Å². The average Bonchev–Trinajstić information content (AvgIpc) is 2.51. The lowest BCUT2D eigenvalue weighted by Gasteiger charge is -2.24. The predicted octanol–water partition coefficient (Wildman–Crippen LogP) is 0.811. The maximum atomic E-state index is 11.9. The van der Waals surface area contributed by atoms with E-state index in [4.69, 9.17) is 4.74 Å². The molecule has 2 rings (SSSR count). The molecule has 1 aromatic carbocycles. The molecule has 1 saturated heterocycles. The maximum Gasteiger partial charge on any atom is 0.346 e. The molecule has 122 valence electrons. The van der Waals surface area contributed by atoms with Gasteiger partial charge < -0.3 is 4.74 Å². The highest BCUT2D eigenvalue weighted by molar-refractivity contribution is 6.19. The quantitative estimate of drug-likeness (QED) is 0.637. The number of rotatable bonds is 5. The number of nitrogens with one attached hydrogen (secondary N) is 1. The van der Waals surface area contributed by atoms with Gasteiger partial charge in [-0.15, -0.1) is 0 Å². The zero-order valence-corrected chi connectivity index (χ0v) is 12.7. The van der Waals surface area contributed by atoms with Crippen molar-refractivity contribution in [2.75, 3.05) is 13.7 Å². The highest BCUT2D eigenvalue weighted by Crippen LogP contribution is 2.19. The minimum Gasteiger partial charge on any atom is -0.494 e. The lowest BCUT2D eigenvalue weighted by molar-refractivity contribution is -0.491. The number of nitro groups is 1. The molecule has 0 aromatic heterocycles. The Morgan fingerprint density at radius 2 is 2.09 bits per heavy atom. The van der Waals surface area contributed by atoms with Crippen LogP contribution in [0, 0.1) is 10.1 Å². The minimum absolute atomic E-state index is 0.0487. The minimum atomic E-state index is -1.71. The van der Waals surface area contributed by atoms with E-state index in [9.17, 15) is 19.7 Å². The van der Waals surface area contributed by atoms with Crippen molar-refractivity contribution in [3.63, 3.8) is 0 Å². The molecular weight excluding hydrogens is 304 g/mol. The molecule has 1 N–H and O–H groups in total. The van der Waals surface area contributed by atoms with Gasteiger partial charge in [0.05, 0.1) is 13.2 Å². The van der Waals surface area contributed by atoms with Crippen LogP contribution in [0.2, 0.25) is 0 Å². The molecule has 1 aromatic rings. The summed E-state index contributed by atoms with van der Waals surface area (Å²) in [6, 6.07) is 4.63. The molecule has 0 bridgehead atoms. The summed E-state index contributed by atoms with van der Waals surface area (Å²) in [5.41, 5.74) is 0.699. The van der Waals surface area contributed by atoms with Crippen molar-refractivity contribution in [1.29, 1.82) is 0 Å². The second-order valence-electron chi connectivity index (χ2n) is 4.76. The monoisotopic (exact) mass is 320 g/mol. The van der Waals surface area contributed by atoms with Crippen molar-refractivity contribution in [1.82, 2.24) is 10.2 Å². The molecule has 3 amide bonds. The summed E-state index contributed by atoms with van der Waals surface area (Å²) < 4.78 is 5.44. The highest BCUT2D eigenvalue weighted by atomic mass is 16.6. The number of hydrogen-bond acceptors (Lipinski definition) is 6. The summed E-state index contributed by atoms with van der Waals surface area (Å²) in [5, 5.41) is 13.4. The number of nitrogens with zero attached hydrogens (tertiary/aromatic N) is 3. The number of ether oxygens (including phenoxy) is 1. The van der Waals surface area contributed by atoms with E-state index in [0.29, 0.717) is 22.8 Å². The van der Waals surface area contributed by atoms with Crippen LogP contribution in [0.4, 0.5) is 4.79 Å². The van der Waals surface area contributed by atoms with Crippen LogP contribution in [-0.4, -0.2) is 47.3 Å². The Morgan fingerprint density at radius 1 is 1.39 bits per heavy atom. The number of likely N-dealkylation sites (N-methyl/N-ethyl adjacent to an activating group) is 1. The average molecular weight is 320 g/mol. The molecule has 1 heterocycles. The number of aliphatic imine (C=N–C) groups is 1. The molecule has 0 radical (unpaired) electrons. The van der Waals surface area contributed by atoms with Gasteiger partial charge in [-0.3, -0.25) is 30.1 Å². The van der Waals surface area contributed by atoms with Crippen LogP contribution in [0.5, 0.6) is 5.75 Å². The third-order valence-electron chi connectivity index (χ3n) is 3.27. The molecule has 1 aliphatic rings. The molecule has 1 fully saturated rings. The van der Waals surface area contributed by atoms with E-state index >= 15 is 0 Å². The molecule has 0 spiro atoms. The summed E-state index contributed by atoms with van der Waals surface area (Å²) in [4.78, 5) is 38.6. The second-order valence-corrected chi connectivity index (χ2v) is 4.76. The van der Waals surface area contributed by atoms with E-state index in [1.807, 2.05) is 6.92 Å². The van der Waals surface area contributed by atoms with E-state index in [1.54, 1.807) is 24.3 Å². The summed E-state index contributed by atoms with van der Waals surface area (Å²) in [5.74, 6) is -0.590. The maximum absolute atomic E-state index is 11.9. The van der Waals surface area contributed by atoms with Crippen molar-refractivity contribution in [2.45, 2.75) is 19.5 Å². The zero-order chi connectivity index (χ0) is 17.0. The largest absolute Gasteiger partial charge is 0.494 e. The SMILES string of the molecule is CCOc1ccccc1CN=C1NC(=O)N(C)C(=O)C1[N+](=O)[O-]. The predicted molar refractivity (Wildman–Crippen MR) is 80.8 cm³/mol. The highest BCUT2D eigenvalue weighted by Gasteiger charge is 2.45. The Morgan fingerprint density at radius 3 is 2.74 bits per heavy atom. The van der Waals surface area contributed by atoms with Crippen LogP contribution >= 0.6 is 0 Å². The lowest BCUT2D eigenvalue weighted by atomic mass is 10.2. The normalized spacial score (nSPS) is 19.7. The van der Waals surface area contributed by atoms with E-state index in [2.05, 4.69) is 10.3 Å². The Hall–Kier alpha value is -2.97. The molecule has 23 heavy (non-hydrogen) atoms. The first kappa shape index (κ1) is 16.4. The number of para-hydroxylation sites is 1. The number of hydrogen-bond donors (Lipinski definition) is 1. The van der Waals surface area contributed by atoms with Crippen LogP contribution in [0.25, 0.3) is 0 Å². The Labute approximate surface area is 132 Å². The number of amides is 3. The summed E-state index contributed by atoms with van der Waals surface area (Å²) >= 11 is 0. The molecule has 1 atom stereocenters. The van der Waals surface area contributed by atoms with Crippen molar-refractivity contribution in [3.8, 4) is 5.75 Å². The third kappa shape index (κ3) is 3.44. The number of carbonyl (C=O) groups is 2. The molecule has 9 nitrogen and oxygen atoms in total. The molecular formula is C14H16N4O5. The fourth-order valence-corrected chi connectivity index (χ4v) is 2.08. The zero-order valence-electron chi connectivity index (χ0n) is 12.7. The van der Waals surface area contributed by atoms with Crippen LogP contribution < -0.4 is 10.1 Å². The Kier molecular flexibility index (Phi) is 4.89. The molecule has 1 aliphatic heterocycles. The number of benzene rings is 1. The smallest absolute Gasteiger partial charge is 0.346 e. The van der Waals surface area contributed by atoms with Crippen LogP contribution in [0.1, 0.15) is 12.5 Å². The van der Waals surface area contributed by atoms with Crippen LogP contribution in [-0.2, 0) is 11.3 Å². The van der Waals surface area contributed by atoms with Crippen molar-refractivity contribution < 1.29 is 19.2 Å². The van der Waals surface area contributed by atoms with Gasteiger partial charge in [0.2, 0.25) is 0 Å². The van der Waals surface area contributed by atoms with Gasteiger partial charge in [0.15, 0.2) is 5.84 Å². The van der Waals surface area contributed by atoms with Gasteiger partial charge in [0.25, 0.3) is 0 Å². The number of urea groups is 1. The number of imide groups is 1. The van der Waals surface area contributed by atoms with Crippen molar-refractivity contribution in [3.05, 3.63) is 39.9 Å². The van der Waals surface area contributed by atoms with Crippen LogP contribution in [0.3, 0.4) is 0 Å². The van der Waals surface area contributed by atoms with E-state index in [-0.39, 0.29) is 12.4 Å². The first-order valence-corrected chi connectivity index (χ1v) is 6.92. The topological polar surface area (TPSA) is 114 Å². The number of carbonyl (C=O) groups excluding carboxylic acids is 2. The standard InChI is InChI=1S/C14H16N4O5/c1-3-23-10-7-5-4-6-9(10)8-15-12-11(18(21)22)13(19)17(2)14(20)16-12/h4-7,11H,3,8H2,1-2H3,(H,15,16,20). The van der Waals surface area contributed by atoms with Gasteiger partial charge in [0.1, 0.15) is 5.75 Å². The third-order valence-corrected chi connectivity index (χ3v) is 3.27. The van der Waals surface area contributed by atoms with Crippen LogP contribution in [0.15, 0.2) is 29.3 Å². The van der Waals surface area contributed by atoms with Gasteiger partial charge in [-0.1, -0.05) is 18.2 Å². The summed E-state index contributed by atoms with van der Waals surface area (Å²) in [7, 11) is 1.18. The first-order chi connectivity index (χ1) is 11.0.